The predicted molar refractivity (Wildman–Crippen MR) is 131 cm³/mol. The molecule has 4 aromatic rings. The summed E-state index contributed by atoms with van der Waals surface area (Å²) in [5.74, 6) is 1.15. The van der Waals surface area contributed by atoms with Crippen LogP contribution in [0.3, 0.4) is 0 Å². The predicted octanol–water partition coefficient (Wildman–Crippen LogP) is 2.95. The Labute approximate surface area is 192 Å². The van der Waals surface area contributed by atoms with Gasteiger partial charge in [-0.15, -0.1) is 0 Å². The Balaban J connectivity index is 1.58. The fourth-order valence-corrected chi connectivity index (χ4v) is 4.72. The maximum atomic E-state index is 13.6. The first-order valence-electron chi connectivity index (χ1n) is 11.5. The Kier molecular flexibility index (Phi) is 5.40. The van der Waals surface area contributed by atoms with Crippen LogP contribution in [0.5, 0.6) is 0 Å². The quantitative estimate of drug-likeness (QED) is 0.476. The fraction of sp³-hybridized carbons (Fsp3) is 0.346. The van der Waals surface area contributed by atoms with Crippen LogP contribution in [0, 0.1) is 12.8 Å². The van der Waals surface area contributed by atoms with Gasteiger partial charge in [-0.05, 0) is 30.4 Å². The number of anilines is 1. The maximum Gasteiger partial charge on any atom is 0.332 e. The molecule has 1 aliphatic rings. The van der Waals surface area contributed by atoms with E-state index in [1.54, 1.807) is 7.05 Å². The second-order valence-electron chi connectivity index (χ2n) is 9.20. The van der Waals surface area contributed by atoms with E-state index in [0.29, 0.717) is 23.6 Å². The largest absolute Gasteiger partial charge is 0.342 e. The number of aryl methyl sites for hydroxylation is 2. The third-order valence-electron chi connectivity index (χ3n) is 6.50. The van der Waals surface area contributed by atoms with Gasteiger partial charge in [0.05, 0.1) is 6.54 Å². The molecule has 0 N–H and O–H groups in total. The number of hydrogen-bond donors (Lipinski definition) is 0. The summed E-state index contributed by atoms with van der Waals surface area (Å²) in [4.78, 5) is 33.7. The first kappa shape index (κ1) is 21.2. The van der Waals surface area contributed by atoms with Crippen molar-refractivity contribution in [1.82, 2.24) is 18.7 Å². The normalized spacial score (nSPS) is 15.7. The number of rotatable bonds is 5. The molecule has 0 saturated carbocycles. The van der Waals surface area contributed by atoms with Crippen LogP contribution in [0.2, 0.25) is 0 Å². The van der Waals surface area contributed by atoms with E-state index in [9.17, 15) is 9.59 Å². The fourth-order valence-electron chi connectivity index (χ4n) is 4.72. The van der Waals surface area contributed by atoms with Crippen molar-refractivity contribution in [1.29, 1.82) is 0 Å². The minimum absolute atomic E-state index is 0.246. The molecule has 33 heavy (non-hydrogen) atoms. The second kappa shape index (κ2) is 8.39. The van der Waals surface area contributed by atoms with Gasteiger partial charge in [0.1, 0.15) is 0 Å². The first-order valence-corrected chi connectivity index (χ1v) is 11.5. The molecule has 0 saturated heterocycles. The SMILES string of the molecule is Cc1ccc(Cn2c(=O)c3c(nc4n3C[C@H](C)CN4CCc3ccccc3)n(C)c2=O)cc1. The summed E-state index contributed by atoms with van der Waals surface area (Å²) in [5.41, 5.74) is 3.69. The Morgan fingerprint density at radius 1 is 0.970 bits per heavy atom. The lowest BCUT2D eigenvalue weighted by Gasteiger charge is -2.33. The molecule has 0 aliphatic carbocycles. The number of aromatic nitrogens is 4. The van der Waals surface area contributed by atoms with Crippen LogP contribution in [0.4, 0.5) is 5.95 Å². The second-order valence-corrected chi connectivity index (χ2v) is 9.20. The highest BCUT2D eigenvalue weighted by Gasteiger charge is 2.28. The zero-order chi connectivity index (χ0) is 23.1. The van der Waals surface area contributed by atoms with Crippen LogP contribution in [-0.4, -0.2) is 31.8 Å². The standard InChI is InChI=1S/C26H29N5O2/c1-18-9-11-21(12-10-18)17-31-24(32)22-23(28(3)26(31)33)27-25-29(15-19(2)16-30(22)25)14-13-20-7-5-4-6-8-20/h4-12,19H,13-17H2,1-3H3/t19-/m1/s1. The molecular formula is C26H29N5O2. The summed E-state index contributed by atoms with van der Waals surface area (Å²) < 4.78 is 4.85. The van der Waals surface area contributed by atoms with Gasteiger partial charge < -0.3 is 9.47 Å². The zero-order valence-electron chi connectivity index (χ0n) is 19.4. The van der Waals surface area contributed by atoms with Gasteiger partial charge in [0, 0.05) is 26.7 Å². The third kappa shape index (κ3) is 3.88. The summed E-state index contributed by atoms with van der Waals surface area (Å²) in [6.45, 7) is 6.85. The van der Waals surface area contributed by atoms with Gasteiger partial charge >= 0.3 is 5.69 Å². The molecule has 0 bridgehead atoms. The molecule has 2 aromatic heterocycles. The lowest BCUT2D eigenvalue weighted by molar-refractivity contribution is 0.437. The molecule has 1 atom stereocenters. The van der Waals surface area contributed by atoms with Crippen LogP contribution < -0.4 is 16.1 Å². The van der Waals surface area contributed by atoms with Crippen LogP contribution >= 0.6 is 0 Å². The highest BCUT2D eigenvalue weighted by atomic mass is 16.2. The van der Waals surface area contributed by atoms with E-state index in [4.69, 9.17) is 4.98 Å². The summed E-state index contributed by atoms with van der Waals surface area (Å²) in [5, 5.41) is 0. The highest BCUT2D eigenvalue weighted by Crippen LogP contribution is 2.27. The Bertz CT molecular complexity index is 1410. The Morgan fingerprint density at radius 3 is 2.42 bits per heavy atom. The van der Waals surface area contributed by atoms with Gasteiger partial charge in [-0.3, -0.25) is 13.9 Å². The molecule has 0 radical (unpaired) electrons. The van der Waals surface area contributed by atoms with Gasteiger partial charge in [-0.2, -0.15) is 4.98 Å². The molecule has 0 spiro atoms. The minimum Gasteiger partial charge on any atom is -0.342 e. The van der Waals surface area contributed by atoms with Crippen molar-refractivity contribution in [3.63, 3.8) is 0 Å². The molecule has 7 heteroatoms. The number of benzene rings is 2. The van der Waals surface area contributed by atoms with E-state index in [1.807, 2.05) is 41.8 Å². The van der Waals surface area contributed by atoms with E-state index < -0.39 is 0 Å². The van der Waals surface area contributed by atoms with Crippen molar-refractivity contribution in [2.75, 3.05) is 18.0 Å². The third-order valence-corrected chi connectivity index (χ3v) is 6.50. The van der Waals surface area contributed by atoms with Gasteiger partial charge in [0.15, 0.2) is 11.2 Å². The number of imidazole rings is 1. The number of fused-ring (bicyclic) bond motifs is 3. The molecule has 3 heterocycles. The Morgan fingerprint density at radius 2 is 1.70 bits per heavy atom. The molecule has 5 rings (SSSR count). The highest BCUT2D eigenvalue weighted by molar-refractivity contribution is 5.75. The molecule has 170 valence electrons. The summed E-state index contributed by atoms with van der Waals surface area (Å²) in [7, 11) is 1.70. The van der Waals surface area contributed by atoms with Crippen molar-refractivity contribution >= 4 is 17.1 Å². The Hall–Kier alpha value is -3.61. The molecule has 1 aliphatic heterocycles. The van der Waals surface area contributed by atoms with Crippen LogP contribution in [0.25, 0.3) is 11.2 Å². The zero-order valence-corrected chi connectivity index (χ0v) is 19.4. The van der Waals surface area contributed by atoms with E-state index >= 15 is 0 Å². The molecular weight excluding hydrogens is 414 g/mol. The minimum atomic E-state index is -0.340. The van der Waals surface area contributed by atoms with E-state index in [1.165, 1.54) is 14.7 Å². The monoisotopic (exact) mass is 443 g/mol. The van der Waals surface area contributed by atoms with Crippen molar-refractivity contribution in [2.24, 2.45) is 13.0 Å². The summed E-state index contributed by atoms with van der Waals surface area (Å²) in [6, 6.07) is 18.3. The van der Waals surface area contributed by atoms with Crippen molar-refractivity contribution in [2.45, 2.75) is 33.4 Å². The maximum absolute atomic E-state index is 13.6. The van der Waals surface area contributed by atoms with E-state index in [-0.39, 0.29) is 17.8 Å². The topological polar surface area (TPSA) is 65.1 Å². The van der Waals surface area contributed by atoms with Crippen molar-refractivity contribution in [3.05, 3.63) is 92.1 Å². The van der Waals surface area contributed by atoms with Gasteiger partial charge in [0.2, 0.25) is 5.95 Å². The van der Waals surface area contributed by atoms with E-state index in [0.717, 1.165) is 36.6 Å². The molecule has 0 amide bonds. The average molecular weight is 444 g/mol. The summed E-state index contributed by atoms with van der Waals surface area (Å²) in [6.07, 6.45) is 0.896. The van der Waals surface area contributed by atoms with Gasteiger partial charge in [0.25, 0.3) is 5.56 Å². The lowest BCUT2D eigenvalue weighted by Crippen LogP contribution is -2.41. The molecule has 0 unspecified atom stereocenters. The van der Waals surface area contributed by atoms with Gasteiger partial charge in [-0.25, -0.2) is 4.79 Å². The molecule has 2 aromatic carbocycles. The molecule has 0 fully saturated rings. The number of nitrogens with zero attached hydrogens (tertiary/aromatic N) is 5. The van der Waals surface area contributed by atoms with E-state index in [2.05, 4.69) is 36.1 Å². The molecule has 7 nitrogen and oxygen atoms in total. The van der Waals surface area contributed by atoms with Crippen LogP contribution in [0.15, 0.2) is 64.2 Å². The average Bonchev–Trinajstić information content (AvgIpc) is 3.20. The van der Waals surface area contributed by atoms with Gasteiger partial charge in [-0.1, -0.05) is 67.1 Å². The smallest absolute Gasteiger partial charge is 0.332 e. The van der Waals surface area contributed by atoms with Crippen molar-refractivity contribution in [3.8, 4) is 0 Å². The van der Waals surface area contributed by atoms with Crippen molar-refractivity contribution < 1.29 is 0 Å². The lowest BCUT2D eigenvalue weighted by atomic mass is 10.1. The summed E-state index contributed by atoms with van der Waals surface area (Å²) >= 11 is 0. The van der Waals surface area contributed by atoms with Crippen LogP contribution in [0.1, 0.15) is 23.6 Å². The van der Waals surface area contributed by atoms with Crippen LogP contribution in [-0.2, 0) is 26.6 Å². The first-order chi connectivity index (χ1) is 15.9. The number of hydrogen-bond acceptors (Lipinski definition) is 4.